The number of alkyl halides is 3. The van der Waals surface area contributed by atoms with E-state index in [1.54, 1.807) is 6.92 Å². The van der Waals surface area contributed by atoms with Gasteiger partial charge in [-0.2, -0.15) is 21.6 Å². The van der Waals surface area contributed by atoms with Gasteiger partial charge in [-0.15, -0.1) is 0 Å². The largest absolute Gasteiger partial charge is 0.534 e. The molecule has 0 aliphatic rings. The molecule has 0 bridgehead atoms. The lowest BCUT2D eigenvalue weighted by molar-refractivity contribution is -0.114. The molecule has 37 heavy (non-hydrogen) atoms. The summed E-state index contributed by atoms with van der Waals surface area (Å²) >= 11 is 0. The van der Waals surface area contributed by atoms with Crippen molar-refractivity contribution in [1.29, 1.82) is 0 Å². The zero-order valence-corrected chi connectivity index (χ0v) is 20.3. The summed E-state index contributed by atoms with van der Waals surface area (Å²) in [7, 11) is -4.51. The maximum Gasteiger partial charge on any atom is 0.534 e. The highest BCUT2D eigenvalue weighted by molar-refractivity contribution is 7.88. The molecule has 0 aliphatic heterocycles. The van der Waals surface area contributed by atoms with Gasteiger partial charge in [-0.1, -0.05) is 25.1 Å². The number of hydrogen-bond acceptors (Lipinski definition) is 7. The second kappa shape index (κ2) is 10.5. The summed E-state index contributed by atoms with van der Waals surface area (Å²) in [5, 5.41) is 0. The third kappa shape index (κ3) is 5.69. The summed E-state index contributed by atoms with van der Waals surface area (Å²) in [6.07, 6.45) is 4.72. The highest BCUT2D eigenvalue weighted by atomic mass is 32.2. The van der Waals surface area contributed by atoms with Gasteiger partial charge in [-0.3, -0.25) is 9.69 Å². The summed E-state index contributed by atoms with van der Waals surface area (Å²) in [4.78, 5) is 24.6. The fourth-order valence-electron chi connectivity index (χ4n) is 3.51. The standard InChI is InChI=1S/C23H21F4N5O4S/c1-3-22(31-21(28)32(2)14-33,16-4-7-18(8-5-16)36-37(34,35)23(25,26)27)17-6-9-20(24)19(10-17)15-11-29-13-30-12-15/h4-14H,3H2,1-2H3,(H2,28,31). The van der Waals surface area contributed by atoms with E-state index in [0.717, 1.165) is 17.0 Å². The summed E-state index contributed by atoms with van der Waals surface area (Å²) in [5.41, 5.74) is 0.311. The molecule has 2 aromatic carbocycles. The zero-order chi connectivity index (χ0) is 27.4. The molecule has 1 amide bonds. The second-order valence-electron chi connectivity index (χ2n) is 7.73. The second-order valence-corrected chi connectivity index (χ2v) is 9.27. The van der Waals surface area contributed by atoms with Crippen LogP contribution in [0.5, 0.6) is 5.75 Å². The maximum absolute atomic E-state index is 14.8. The van der Waals surface area contributed by atoms with Gasteiger partial charge in [-0.05, 0) is 41.8 Å². The fourth-order valence-corrected chi connectivity index (χ4v) is 3.97. The Morgan fingerprint density at radius 2 is 1.70 bits per heavy atom. The SMILES string of the molecule is CCC(N=C(N)N(C)C=O)(c1ccc(OS(=O)(=O)C(F)(F)F)cc1)c1ccc(F)c(-c2cncnc2)c1. The Balaban J connectivity index is 2.20. The smallest absolute Gasteiger partial charge is 0.376 e. The van der Waals surface area contributed by atoms with Crippen LogP contribution in [-0.4, -0.2) is 48.2 Å². The summed E-state index contributed by atoms with van der Waals surface area (Å²) in [5.74, 6) is -1.37. The van der Waals surface area contributed by atoms with E-state index in [9.17, 15) is 30.8 Å². The van der Waals surface area contributed by atoms with Crippen LogP contribution in [0, 0.1) is 5.82 Å². The minimum absolute atomic E-state index is 0.143. The number of aromatic nitrogens is 2. The Morgan fingerprint density at radius 3 is 2.24 bits per heavy atom. The number of hydrogen-bond donors (Lipinski definition) is 1. The van der Waals surface area contributed by atoms with Gasteiger partial charge < -0.3 is 9.92 Å². The lowest BCUT2D eigenvalue weighted by atomic mass is 9.80. The third-order valence-electron chi connectivity index (χ3n) is 5.47. The van der Waals surface area contributed by atoms with Gasteiger partial charge in [0.05, 0.1) is 0 Å². The monoisotopic (exact) mass is 539 g/mol. The van der Waals surface area contributed by atoms with Crippen molar-refractivity contribution >= 4 is 22.5 Å². The fraction of sp³-hybridized carbons (Fsp3) is 0.217. The van der Waals surface area contributed by atoms with Crippen LogP contribution in [0.25, 0.3) is 11.1 Å². The van der Waals surface area contributed by atoms with E-state index >= 15 is 0 Å². The van der Waals surface area contributed by atoms with Gasteiger partial charge in [0.1, 0.15) is 23.4 Å². The molecule has 1 atom stereocenters. The van der Waals surface area contributed by atoms with Crippen LogP contribution in [0.4, 0.5) is 17.6 Å². The highest BCUT2D eigenvalue weighted by Crippen LogP contribution is 2.40. The molecule has 2 N–H and O–H groups in total. The van der Waals surface area contributed by atoms with E-state index in [-0.39, 0.29) is 17.9 Å². The molecule has 196 valence electrons. The highest BCUT2D eigenvalue weighted by Gasteiger charge is 2.48. The van der Waals surface area contributed by atoms with Crippen LogP contribution in [0.2, 0.25) is 0 Å². The molecule has 9 nitrogen and oxygen atoms in total. The van der Waals surface area contributed by atoms with Crippen molar-refractivity contribution in [2.45, 2.75) is 24.4 Å². The molecule has 0 spiro atoms. The number of rotatable bonds is 8. The number of carbonyl (C=O) groups excluding carboxylic acids is 1. The molecule has 1 heterocycles. The van der Waals surface area contributed by atoms with Crippen LogP contribution in [0.15, 0.2) is 66.2 Å². The summed E-state index contributed by atoms with van der Waals surface area (Å²) < 4.78 is 79.8. The minimum Gasteiger partial charge on any atom is -0.376 e. The van der Waals surface area contributed by atoms with Crippen LogP contribution in [-0.2, 0) is 20.5 Å². The quantitative estimate of drug-likeness (QED) is 0.116. The van der Waals surface area contributed by atoms with Gasteiger partial charge in [0.15, 0.2) is 5.96 Å². The average Bonchev–Trinajstić information content (AvgIpc) is 2.87. The van der Waals surface area contributed by atoms with Gasteiger partial charge in [0, 0.05) is 30.6 Å². The topological polar surface area (TPSA) is 128 Å². The molecule has 0 saturated carbocycles. The van der Waals surface area contributed by atoms with Crippen LogP contribution < -0.4 is 9.92 Å². The molecule has 0 radical (unpaired) electrons. The number of nitrogens with two attached hydrogens (primary N) is 1. The predicted molar refractivity (Wildman–Crippen MR) is 126 cm³/mol. The van der Waals surface area contributed by atoms with E-state index in [1.807, 2.05) is 0 Å². The lowest BCUT2D eigenvalue weighted by Crippen LogP contribution is -2.37. The Morgan fingerprint density at radius 1 is 1.11 bits per heavy atom. The van der Waals surface area contributed by atoms with Gasteiger partial charge >= 0.3 is 15.6 Å². The number of carbonyl (C=O) groups is 1. The molecule has 1 unspecified atom stereocenters. The van der Waals surface area contributed by atoms with Crippen molar-refractivity contribution in [3.8, 4) is 16.9 Å². The first-order valence-corrected chi connectivity index (χ1v) is 12.0. The Hall–Kier alpha value is -4.07. The summed E-state index contributed by atoms with van der Waals surface area (Å²) in [6.45, 7) is 1.73. The molecule has 3 aromatic rings. The van der Waals surface area contributed by atoms with E-state index in [0.29, 0.717) is 23.1 Å². The molecule has 0 fully saturated rings. The van der Waals surface area contributed by atoms with Gasteiger partial charge in [-0.25, -0.2) is 19.4 Å². The Labute approximate surface area is 209 Å². The third-order valence-corrected chi connectivity index (χ3v) is 6.45. The zero-order valence-electron chi connectivity index (χ0n) is 19.5. The van der Waals surface area contributed by atoms with E-state index in [2.05, 4.69) is 19.1 Å². The normalized spacial score (nSPS) is 14.1. The number of guanidine groups is 1. The number of benzene rings is 2. The van der Waals surface area contributed by atoms with E-state index < -0.39 is 32.7 Å². The average molecular weight is 540 g/mol. The molecular weight excluding hydrogens is 518 g/mol. The molecule has 1 aromatic heterocycles. The Bertz CT molecular complexity index is 1400. The first-order chi connectivity index (χ1) is 17.3. The molecule has 0 saturated heterocycles. The van der Waals surface area contributed by atoms with Crippen LogP contribution in [0.1, 0.15) is 24.5 Å². The number of nitrogens with zero attached hydrogens (tertiary/aromatic N) is 4. The lowest BCUT2D eigenvalue weighted by Gasteiger charge is -2.32. The maximum atomic E-state index is 14.8. The van der Waals surface area contributed by atoms with Crippen molar-refractivity contribution in [3.63, 3.8) is 0 Å². The number of halogens is 4. The summed E-state index contributed by atoms with van der Waals surface area (Å²) in [6, 6.07) is 8.79. The number of amides is 1. The van der Waals surface area contributed by atoms with E-state index in [1.165, 1.54) is 56.1 Å². The molecule has 3 rings (SSSR count). The van der Waals surface area contributed by atoms with Crippen molar-refractivity contribution in [2.24, 2.45) is 10.7 Å². The van der Waals surface area contributed by atoms with E-state index in [4.69, 9.17) is 5.73 Å². The minimum atomic E-state index is -5.88. The molecular formula is C23H21F4N5O4S. The van der Waals surface area contributed by atoms with Gasteiger partial charge in [0.25, 0.3) is 0 Å². The van der Waals surface area contributed by atoms with Crippen molar-refractivity contribution < 1.29 is 35.0 Å². The first kappa shape index (κ1) is 27.5. The Kier molecular flexibility index (Phi) is 7.81. The van der Waals surface area contributed by atoms with Crippen LogP contribution >= 0.6 is 0 Å². The van der Waals surface area contributed by atoms with Crippen molar-refractivity contribution in [1.82, 2.24) is 14.9 Å². The van der Waals surface area contributed by atoms with Crippen LogP contribution in [0.3, 0.4) is 0 Å². The predicted octanol–water partition coefficient (Wildman–Crippen LogP) is 3.57. The first-order valence-electron chi connectivity index (χ1n) is 10.5. The molecule has 14 heteroatoms. The molecule has 0 aliphatic carbocycles. The van der Waals surface area contributed by atoms with Crippen molar-refractivity contribution in [3.05, 3.63) is 78.1 Å². The van der Waals surface area contributed by atoms with Crippen molar-refractivity contribution in [2.75, 3.05) is 7.05 Å². The van der Waals surface area contributed by atoms with Gasteiger partial charge in [0.2, 0.25) is 6.41 Å². The number of aliphatic imine (C=N–C) groups is 1.